The zero-order valence-electron chi connectivity index (χ0n) is 34.7. The molecule has 1 heteroatoms. The van der Waals surface area contributed by atoms with Crippen LogP contribution in [0.5, 0.6) is 0 Å². The molecule has 0 amide bonds. The molecule has 288 valence electrons. The van der Waals surface area contributed by atoms with Gasteiger partial charge in [-0.25, -0.2) is 0 Å². The van der Waals surface area contributed by atoms with Gasteiger partial charge in [-0.1, -0.05) is 179 Å². The Morgan fingerprint density at radius 2 is 0.869 bits per heavy atom. The lowest BCUT2D eigenvalue weighted by atomic mass is 9.80. The van der Waals surface area contributed by atoms with Gasteiger partial charge in [-0.15, -0.1) is 11.3 Å². The summed E-state index contributed by atoms with van der Waals surface area (Å²) in [4.78, 5) is 0. The quantitative estimate of drug-likeness (QED) is 0.156. The minimum atomic E-state index is -0.138. The Hall–Kier alpha value is -6.80. The average molecular weight is 795 g/mol. The highest BCUT2D eigenvalue weighted by atomic mass is 32.1. The van der Waals surface area contributed by atoms with Crippen molar-refractivity contribution < 1.29 is 0 Å². The van der Waals surface area contributed by atoms with E-state index in [1.165, 1.54) is 130 Å². The molecule has 0 bridgehead atoms. The first-order valence-electron chi connectivity index (χ1n) is 21.6. The summed E-state index contributed by atoms with van der Waals surface area (Å²) in [6.45, 7) is 9.64. The molecule has 11 aromatic rings. The van der Waals surface area contributed by atoms with E-state index >= 15 is 0 Å². The second-order valence-electron chi connectivity index (χ2n) is 18.4. The third-order valence-corrected chi connectivity index (χ3v) is 15.6. The topological polar surface area (TPSA) is 0 Å². The molecule has 1 aromatic heterocycles. The molecule has 0 N–H and O–H groups in total. The predicted molar refractivity (Wildman–Crippen MR) is 263 cm³/mol. The number of rotatable bonds is 3. The van der Waals surface area contributed by atoms with Gasteiger partial charge in [0.2, 0.25) is 0 Å². The monoisotopic (exact) mass is 794 g/mol. The minimum absolute atomic E-state index is 0.0796. The Morgan fingerprint density at radius 1 is 0.328 bits per heavy atom. The molecule has 10 aromatic carbocycles. The molecule has 0 nitrogen and oxygen atoms in total. The molecule has 1 heterocycles. The van der Waals surface area contributed by atoms with Crippen LogP contribution >= 0.6 is 11.3 Å². The SMILES string of the molecule is CC1(C)c2ccc(-c3ccc4c(c3)sc3c5c(ccc34)-c3cc4ccccc4cc3C5(C)C)cc2-c2ccc(-c3c4ccccc4c(-c4ccccc4)c4ccccc34)cc21. The fourth-order valence-electron chi connectivity index (χ4n) is 11.4. The van der Waals surface area contributed by atoms with Crippen LogP contribution < -0.4 is 0 Å². The third kappa shape index (κ3) is 4.81. The summed E-state index contributed by atoms with van der Waals surface area (Å²) in [6, 6.07) is 68.8. The van der Waals surface area contributed by atoms with Crippen molar-refractivity contribution in [2.24, 2.45) is 0 Å². The minimum Gasteiger partial charge on any atom is -0.135 e. The lowest BCUT2D eigenvalue weighted by Gasteiger charge is -2.23. The lowest BCUT2D eigenvalue weighted by Crippen LogP contribution is -2.15. The van der Waals surface area contributed by atoms with Crippen LogP contribution in [0.15, 0.2) is 182 Å². The van der Waals surface area contributed by atoms with Crippen molar-refractivity contribution in [2.75, 3.05) is 0 Å². The molecule has 2 aliphatic carbocycles. The van der Waals surface area contributed by atoms with Gasteiger partial charge in [0, 0.05) is 31.0 Å². The van der Waals surface area contributed by atoms with Crippen LogP contribution in [0.25, 0.3) is 108 Å². The van der Waals surface area contributed by atoms with Gasteiger partial charge in [0.05, 0.1) is 0 Å². The summed E-state index contributed by atoms with van der Waals surface area (Å²) in [6.07, 6.45) is 0. The smallest absolute Gasteiger partial charge is 0.0402 e. The Labute approximate surface area is 360 Å². The Kier molecular flexibility index (Phi) is 7.11. The normalized spacial score (nSPS) is 14.5. The van der Waals surface area contributed by atoms with Gasteiger partial charge in [0.1, 0.15) is 0 Å². The van der Waals surface area contributed by atoms with E-state index in [1.54, 1.807) is 0 Å². The van der Waals surface area contributed by atoms with E-state index in [-0.39, 0.29) is 10.8 Å². The molecule has 0 aliphatic heterocycles. The highest BCUT2D eigenvalue weighted by Gasteiger charge is 2.39. The van der Waals surface area contributed by atoms with Gasteiger partial charge >= 0.3 is 0 Å². The van der Waals surface area contributed by atoms with Gasteiger partial charge in [0.15, 0.2) is 0 Å². The van der Waals surface area contributed by atoms with Crippen molar-refractivity contribution in [1.29, 1.82) is 0 Å². The molecule has 0 atom stereocenters. The van der Waals surface area contributed by atoms with E-state index in [0.29, 0.717) is 0 Å². The van der Waals surface area contributed by atoms with Crippen molar-refractivity contribution in [1.82, 2.24) is 0 Å². The molecule has 13 rings (SSSR count). The van der Waals surface area contributed by atoms with Crippen LogP contribution in [0.4, 0.5) is 0 Å². The summed E-state index contributed by atoms with van der Waals surface area (Å²) in [5.74, 6) is 0. The molecule has 61 heavy (non-hydrogen) atoms. The van der Waals surface area contributed by atoms with Gasteiger partial charge in [-0.05, 0) is 141 Å². The van der Waals surface area contributed by atoms with Crippen LogP contribution in [-0.4, -0.2) is 0 Å². The van der Waals surface area contributed by atoms with Crippen molar-refractivity contribution in [3.8, 4) is 55.6 Å². The first-order valence-corrected chi connectivity index (χ1v) is 22.4. The third-order valence-electron chi connectivity index (χ3n) is 14.4. The summed E-state index contributed by atoms with van der Waals surface area (Å²) in [7, 11) is 0. The van der Waals surface area contributed by atoms with Crippen LogP contribution in [0.2, 0.25) is 0 Å². The van der Waals surface area contributed by atoms with Gasteiger partial charge in [-0.3, -0.25) is 0 Å². The molecule has 0 radical (unpaired) electrons. The summed E-state index contributed by atoms with van der Waals surface area (Å²) in [5.41, 5.74) is 18.6. The standard InChI is InChI=1S/C60H42S/c1-59(2)51-29-24-38(39-22-26-42-48-28-27-47-50-30-36-16-8-9-17-37(36)32-53(50)60(3,4)57(47)58(48)61-54(42)34-39)31-49(51)41-25-23-40(33-52(41)59)56-45-20-12-10-18-43(45)55(35-14-6-5-7-15-35)44-19-11-13-21-46(44)56/h5-34H,1-4H3. The van der Waals surface area contributed by atoms with E-state index in [9.17, 15) is 0 Å². The first-order chi connectivity index (χ1) is 29.8. The predicted octanol–water partition coefficient (Wildman–Crippen LogP) is 17.1. The van der Waals surface area contributed by atoms with Crippen LogP contribution in [0.1, 0.15) is 49.9 Å². The van der Waals surface area contributed by atoms with Crippen LogP contribution in [-0.2, 0) is 10.8 Å². The molecule has 0 saturated carbocycles. The van der Waals surface area contributed by atoms with Crippen molar-refractivity contribution >= 4 is 63.8 Å². The van der Waals surface area contributed by atoms with Gasteiger partial charge < -0.3 is 0 Å². The lowest BCUT2D eigenvalue weighted by molar-refractivity contribution is 0.660. The molecule has 0 spiro atoms. The zero-order chi connectivity index (χ0) is 40.8. The summed E-state index contributed by atoms with van der Waals surface area (Å²) >= 11 is 1.97. The molecular formula is C60H42S. The fourth-order valence-corrected chi connectivity index (χ4v) is 12.9. The van der Waals surface area contributed by atoms with E-state index in [4.69, 9.17) is 0 Å². The largest absolute Gasteiger partial charge is 0.135 e. The Balaban J connectivity index is 0.925. The molecule has 2 aliphatic rings. The molecule has 0 unspecified atom stereocenters. The van der Waals surface area contributed by atoms with E-state index < -0.39 is 0 Å². The van der Waals surface area contributed by atoms with Crippen molar-refractivity contribution in [3.63, 3.8) is 0 Å². The zero-order valence-corrected chi connectivity index (χ0v) is 35.5. The van der Waals surface area contributed by atoms with Crippen molar-refractivity contribution in [3.05, 3.63) is 204 Å². The average Bonchev–Trinajstić information content (AvgIpc) is 3.86. The van der Waals surface area contributed by atoms with E-state index in [0.717, 1.165) is 0 Å². The van der Waals surface area contributed by atoms with E-state index in [1.807, 2.05) is 11.3 Å². The second kappa shape index (κ2) is 12.4. The number of benzene rings is 10. The Bertz CT molecular complexity index is 3630. The van der Waals surface area contributed by atoms with Crippen LogP contribution in [0.3, 0.4) is 0 Å². The molecule has 0 saturated heterocycles. The number of hydrogen-bond donors (Lipinski definition) is 0. The van der Waals surface area contributed by atoms with Gasteiger partial charge in [-0.2, -0.15) is 0 Å². The van der Waals surface area contributed by atoms with Crippen molar-refractivity contribution in [2.45, 2.75) is 38.5 Å². The molecule has 0 fully saturated rings. The Morgan fingerprint density at radius 3 is 1.59 bits per heavy atom. The maximum absolute atomic E-state index is 2.50. The van der Waals surface area contributed by atoms with Crippen LogP contribution in [0, 0.1) is 0 Å². The first kappa shape index (κ1) is 35.0. The number of hydrogen-bond acceptors (Lipinski definition) is 1. The van der Waals surface area contributed by atoms with Gasteiger partial charge in [0.25, 0.3) is 0 Å². The fraction of sp³-hybridized carbons (Fsp3) is 0.100. The highest BCUT2D eigenvalue weighted by Crippen LogP contribution is 2.56. The second-order valence-corrected chi connectivity index (χ2v) is 19.5. The number of thiophene rings is 1. The summed E-state index contributed by atoms with van der Waals surface area (Å²) in [5, 5.41) is 10.5. The summed E-state index contributed by atoms with van der Waals surface area (Å²) < 4.78 is 2.77. The maximum atomic E-state index is 2.50. The maximum Gasteiger partial charge on any atom is 0.0402 e. The number of fused-ring (bicyclic) bond motifs is 13. The highest BCUT2D eigenvalue weighted by molar-refractivity contribution is 7.26. The molecular weight excluding hydrogens is 753 g/mol. The van der Waals surface area contributed by atoms with E-state index in [2.05, 4.69) is 210 Å².